The lowest BCUT2D eigenvalue weighted by molar-refractivity contribution is -0.146. The molecule has 0 aliphatic heterocycles. The number of hydrogen-bond donors (Lipinski definition) is 3. The zero-order chi connectivity index (χ0) is 29.7. The number of nitrogens with zero attached hydrogens (tertiary/aromatic N) is 4. The van der Waals surface area contributed by atoms with Gasteiger partial charge in [-0.2, -0.15) is 5.10 Å². The molecular weight excluding hydrogens is 536 g/mol. The minimum atomic E-state index is -1.34. The average Bonchev–Trinajstić information content (AvgIpc) is 3.70. The number of carbonyl (C=O) groups excluding carboxylic acids is 4. The molecule has 1 aromatic carbocycles. The standard InChI is InChI=1S/C27H28N6O8/c1-4-28-25(37)17-6-5-15(2)20(11-17)31-24-23-16(3)19(12-32(23)30-13-29-24)26(38)33(18-7-8-18)27(39)41-14-40-22(36)10-9-21(34)35/h5-6,9-13,18H,4,7-8,14H2,1-3H3,(H,28,37)(H,34,35)(H,29,30,31)/b10-9+. The van der Waals surface area contributed by atoms with Crippen LogP contribution in [-0.4, -0.2) is 73.8 Å². The number of carboxylic acids is 1. The summed E-state index contributed by atoms with van der Waals surface area (Å²) in [6.45, 7) is 5.09. The first-order valence-corrected chi connectivity index (χ1v) is 12.7. The predicted octanol–water partition coefficient (Wildman–Crippen LogP) is 2.72. The second kappa shape index (κ2) is 12.3. The van der Waals surface area contributed by atoms with Gasteiger partial charge in [0.1, 0.15) is 11.8 Å². The molecule has 1 saturated carbocycles. The van der Waals surface area contributed by atoms with Gasteiger partial charge in [0.15, 0.2) is 5.82 Å². The zero-order valence-electron chi connectivity index (χ0n) is 22.5. The maximum atomic E-state index is 13.6. The van der Waals surface area contributed by atoms with Crippen LogP contribution >= 0.6 is 0 Å². The number of imide groups is 1. The van der Waals surface area contributed by atoms with Crippen LogP contribution in [0.3, 0.4) is 0 Å². The Balaban J connectivity index is 1.56. The first kappa shape index (κ1) is 28.7. The van der Waals surface area contributed by atoms with Crippen LogP contribution in [0.15, 0.2) is 42.9 Å². The summed E-state index contributed by atoms with van der Waals surface area (Å²) in [5.74, 6) is -2.82. The molecule has 3 N–H and O–H groups in total. The second-order valence-electron chi connectivity index (χ2n) is 9.15. The van der Waals surface area contributed by atoms with Crippen molar-refractivity contribution in [1.82, 2.24) is 24.8 Å². The van der Waals surface area contributed by atoms with E-state index in [9.17, 15) is 24.0 Å². The predicted molar refractivity (Wildman–Crippen MR) is 144 cm³/mol. The minimum absolute atomic E-state index is 0.187. The highest BCUT2D eigenvalue weighted by atomic mass is 16.7. The molecule has 0 bridgehead atoms. The van der Waals surface area contributed by atoms with Crippen molar-refractivity contribution in [2.45, 2.75) is 39.7 Å². The Morgan fingerprint density at radius 2 is 1.90 bits per heavy atom. The number of benzene rings is 1. The highest BCUT2D eigenvalue weighted by Gasteiger charge is 2.40. The normalized spacial score (nSPS) is 12.7. The third-order valence-corrected chi connectivity index (χ3v) is 6.22. The molecule has 0 saturated heterocycles. The van der Waals surface area contributed by atoms with E-state index in [1.165, 1.54) is 17.0 Å². The number of carbonyl (C=O) groups is 5. The Bertz CT molecular complexity index is 1560. The molecule has 0 atom stereocenters. The number of aromatic nitrogens is 3. The quantitative estimate of drug-likeness (QED) is 0.187. The zero-order valence-corrected chi connectivity index (χ0v) is 22.5. The molecule has 0 spiro atoms. The van der Waals surface area contributed by atoms with Crippen LogP contribution in [0, 0.1) is 13.8 Å². The number of esters is 1. The fraction of sp³-hybridized carbons (Fsp3) is 0.296. The third-order valence-electron chi connectivity index (χ3n) is 6.22. The van der Waals surface area contributed by atoms with Gasteiger partial charge in [0.2, 0.25) is 6.79 Å². The fourth-order valence-corrected chi connectivity index (χ4v) is 4.01. The van der Waals surface area contributed by atoms with Crippen molar-refractivity contribution in [1.29, 1.82) is 0 Å². The number of amides is 3. The molecule has 1 aliphatic rings. The highest BCUT2D eigenvalue weighted by Crippen LogP contribution is 2.32. The number of carboxylic acid groups (broad SMARTS) is 1. The van der Waals surface area contributed by atoms with Crippen LogP contribution in [0.25, 0.3) is 5.52 Å². The van der Waals surface area contributed by atoms with Crippen molar-refractivity contribution in [3.05, 3.63) is 65.1 Å². The van der Waals surface area contributed by atoms with Crippen molar-refractivity contribution in [3.8, 4) is 0 Å². The number of hydrogen-bond acceptors (Lipinski definition) is 10. The minimum Gasteiger partial charge on any atom is -0.478 e. The van der Waals surface area contributed by atoms with Gasteiger partial charge in [0.05, 0.1) is 5.56 Å². The van der Waals surface area contributed by atoms with E-state index in [0.29, 0.717) is 59.7 Å². The van der Waals surface area contributed by atoms with Crippen molar-refractivity contribution in [2.24, 2.45) is 0 Å². The maximum absolute atomic E-state index is 13.6. The van der Waals surface area contributed by atoms with E-state index < -0.39 is 30.7 Å². The van der Waals surface area contributed by atoms with E-state index >= 15 is 0 Å². The largest absolute Gasteiger partial charge is 0.478 e. The molecule has 214 valence electrons. The summed E-state index contributed by atoms with van der Waals surface area (Å²) < 4.78 is 11.1. The molecule has 3 aromatic rings. The number of aliphatic carboxylic acids is 1. The van der Waals surface area contributed by atoms with E-state index in [2.05, 4.69) is 25.5 Å². The van der Waals surface area contributed by atoms with Gasteiger partial charge in [-0.3, -0.25) is 9.59 Å². The molecule has 14 nitrogen and oxygen atoms in total. The van der Waals surface area contributed by atoms with E-state index in [4.69, 9.17) is 9.84 Å². The molecule has 3 amide bonds. The Kier molecular flexibility index (Phi) is 8.60. The summed E-state index contributed by atoms with van der Waals surface area (Å²) >= 11 is 0. The number of fused-ring (bicyclic) bond motifs is 1. The van der Waals surface area contributed by atoms with E-state index in [1.807, 2.05) is 19.9 Å². The van der Waals surface area contributed by atoms with Gasteiger partial charge in [-0.1, -0.05) is 6.07 Å². The summed E-state index contributed by atoms with van der Waals surface area (Å²) in [4.78, 5) is 66.0. The van der Waals surface area contributed by atoms with Crippen LogP contribution in [-0.2, 0) is 19.1 Å². The molecule has 2 heterocycles. The summed E-state index contributed by atoms with van der Waals surface area (Å²) in [5.41, 5.74) is 3.14. The Labute approximate surface area is 233 Å². The molecule has 41 heavy (non-hydrogen) atoms. The monoisotopic (exact) mass is 564 g/mol. The van der Waals surface area contributed by atoms with E-state index in [-0.39, 0.29) is 17.5 Å². The van der Waals surface area contributed by atoms with Crippen LogP contribution in [0.2, 0.25) is 0 Å². The van der Waals surface area contributed by atoms with Crippen LogP contribution in [0.4, 0.5) is 16.3 Å². The van der Waals surface area contributed by atoms with Gasteiger partial charge in [-0.25, -0.2) is 28.8 Å². The Morgan fingerprint density at radius 1 is 1.15 bits per heavy atom. The molecular formula is C27H28N6O8. The van der Waals surface area contributed by atoms with Gasteiger partial charge in [0.25, 0.3) is 11.8 Å². The van der Waals surface area contributed by atoms with Crippen molar-refractivity contribution >= 4 is 46.9 Å². The lowest BCUT2D eigenvalue weighted by atomic mass is 10.1. The second-order valence-corrected chi connectivity index (χ2v) is 9.15. The van der Waals surface area contributed by atoms with Gasteiger partial charge < -0.3 is 25.2 Å². The molecule has 4 rings (SSSR count). The third kappa shape index (κ3) is 6.66. The molecule has 0 unspecified atom stereocenters. The van der Waals surface area contributed by atoms with Crippen LogP contribution in [0.5, 0.6) is 0 Å². The number of nitrogens with one attached hydrogen (secondary N) is 2. The molecule has 1 fully saturated rings. The Morgan fingerprint density at radius 3 is 2.59 bits per heavy atom. The summed E-state index contributed by atoms with van der Waals surface area (Å²) in [6, 6.07) is 4.85. The van der Waals surface area contributed by atoms with Crippen molar-refractivity contribution in [2.75, 3.05) is 18.7 Å². The van der Waals surface area contributed by atoms with Crippen molar-refractivity contribution < 1.29 is 38.6 Å². The summed E-state index contributed by atoms with van der Waals surface area (Å²) in [6.07, 6.45) is 4.20. The molecule has 14 heteroatoms. The first-order valence-electron chi connectivity index (χ1n) is 12.7. The van der Waals surface area contributed by atoms with Gasteiger partial charge >= 0.3 is 18.0 Å². The smallest absolute Gasteiger partial charge is 0.419 e. The average molecular weight is 565 g/mol. The molecule has 0 radical (unpaired) electrons. The molecule has 2 aromatic heterocycles. The first-order chi connectivity index (χ1) is 19.6. The lowest BCUT2D eigenvalue weighted by Crippen LogP contribution is -2.39. The maximum Gasteiger partial charge on any atom is 0.419 e. The van der Waals surface area contributed by atoms with Gasteiger partial charge in [-0.15, -0.1) is 0 Å². The topological polar surface area (TPSA) is 182 Å². The van der Waals surface area contributed by atoms with E-state index in [0.717, 1.165) is 10.5 Å². The SMILES string of the molecule is CCNC(=O)c1ccc(C)c(Nc2ncnn3cc(C(=O)N(C(=O)OCOC(=O)/C=C/C(=O)O)C4CC4)c(C)c23)c1. The van der Waals surface area contributed by atoms with Crippen LogP contribution in [0.1, 0.15) is 51.6 Å². The van der Waals surface area contributed by atoms with E-state index in [1.54, 1.807) is 19.1 Å². The highest BCUT2D eigenvalue weighted by molar-refractivity contribution is 6.06. The number of ether oxygens (including phenoxy) is 2. The summed E-state index contributed by atoms with van der Waals surface area (Å²) in [7, 11) is 0. The number of rotatable bonds is 10. The molecule has 1 aliphatic carbocycles. The van der Waals surface area contributed by atoms with Crippen LogP contribution < -0.4 is 10.6 Å². The fourth-order valence-electron chi connectivity index (χ4n) is 4.01. The van der Waals surface area contributed by atoms with Gasteiger partial charge in [-0.05, 0) is 56.9 Å². The lowest BCUT2D eigenvalue weighted by Gasteiger charge is -2.19. The summed E-state index contributed by atoms with van der Waals surface area (Å²) in [5, 5.41) is 18.8. The van der Waals surface area contributed by atoms with Gasteiger partial charge in [0, 0.05) is 42.2 Å². The number of aryl methyl sites for hydroxylation is 2. The Hall–Kier alpha value is -5.27. The number of anilines is 2. The van der Waals surface area contributed by atoms with Crippen molar-refractivity contribution in [3.63, 3.8) is 0 Å².